The topological polar surface area (TPSA) is 98.7 Å². The Labute approximate surface area is 88.2 Å². The van der Waals surface area contributed by atoms with Gasteiger partial charge in [0, 0.05) is 6.61 Å². The van der Waals surface area contributed by atoms with Crippen molar-refractivity contribution in [2.45, 2.75) is 38.8 Å². The fraction of sp³-hybridized carbons (Fsp3) is 0.778. The molecule has 1 atom stereocenters. The molecule has 0 saturated carbocycles. The first-order valence-electron chi connectivity index (χ1n) is 4.57. The van der Waals surface area contributed by atoms with Crippen LogP contribution in [0.4, 0.5) is 4.79 Å². The van der Waals surface area contributed by atoms with E-state index in [0.29, 0.717) is 0 Å². The van der Waals surface area contributed by atoms with Crippen LogP contribution in [0.5, 0.6) is 0 Å². The molecule has 0 bridgehead atoms. The third kappa shape index (κ3) is 6.73. The van der Waals surface area contributed by atoms with Crippen molar-refractivity contribution in [2.75, 3.05) is 6.61 Å². The summed E-state index contributed by atoms with van der Waals surface area (Å²) in [6, 6.07) is -1.23. The largest absolute Gasteiger partial charge is 0.548 e. The molecule has 0 aromatic heterocycles. The maximum atomic E-state index is 11.1. The third-order valence-electron chi connectivity index (χ3n) is 1.39. The number of aliphatic hydroxyl groups is 1. The second kappa shape index (κ2) is 5.55. The predicted octanol–water partition coefficient (Wildman–Crippen LogP) is -0.988. The number of nitrogens with one attached hydrogen (secondary N) is 1. The highest BCUT2D eigenvalue weighted by Gasteiger charge is 2.19. The summed E-state index contributed by atoms with van der Waals surface area (Å²) in [5.74, 6) is -1.45. The number of aliphatic hydroxyl groups excluding tert-OH is 1. The lowest BCUT2D eigenvalue weighted by Crippen LogP contribution is -2.49. The number of amides is 1. The fourth-order valence-electron chi connectivity index (χ4n) is 0.828. The van der Waals surface area contributed by atoms with E-state index in [1.165, 1.54) is 0 Å². The summed E-state index contributed by atoms with van der Waals surface area (Å²) in [5.41, 5.74) is -0.695. The van der Waals surface area contributed by atoms with Gasteiger partial charge in [-0.3, -0.25) is 0 Å². The summed E-state index contributed by atoms with van der Waals surface area (Å²) < 4.78 is 4.84. The van der Waals surface area contributed by atoms with Gasteiger partial charge < -0.3 is 25.1 Å². The molecule has 2 N–H and O–H groups in total. The molecule has 6 heteroatoms. The van der Waals surface area contributed by atoms with Crippen molar-refractivity contribution in [2.24, 2.45) is 0 Å². The highest BCUT2D eigenvalue weighted by Crippen LogP contribution is 2.06. The average molecular weight is 218 g/mol. The van der Waals surface area contributed by atoms with Crippen LogP contribution in [-0.4, -0.2) is 35.4 Å². The van der Waals surface area contributed by atoms with Crippen molar-refractivity contribution in [3.63, 3.8) is 0 Å². The van der Waals surface area contributed by atoms with Crippen LogP contribution in [0.1, 0.15) is 27.2 Å². The lowest BCUT2D eigenvalue weighted by Gasteiger charge is -2.23. The van der Waals surface area contributed by atoms with Gasteiger partial charge in [0.15, 0.2) is 0 Å². The zero-order chi connectivity index (χ0) is 12.1. The second-order valence-corrected chi connectivity index (χ2v) is 4.03. The zero-order valence-corrected chi connectivity index (χ0v) is 9.07. The van der Waals surface area contributed by atoms with Gasteiger partial charge in [0.2, 0.25) is 0 Å². The van der Waals surface area contributed by atoms with Crippen molar-refractivity contribution in [3.05, 3.63) is 0 Å². The van der Waals surface area contributed by atoms with Crippen LogP contribution in [-0.2, 0) is 9.53 Å². The number of rotatable bonds is 4. The summed E-state index contributed by atoms with van der Waals surface area (Å²) in [5, 5.41) is 21.1. The molecule has 0 radical (unpaired) electrons. The normalized spacial score (nSPS) is 13.1. The number of hydrogen-bond acceptors (Lipinski definition) is 5. The van der Waals surface area contributed by atoms with Crippen molar-refractivity contribution >= 4 is 12.1 Å². The SMILES string of the molecule is CC(C)(C)OC(=O)N[C@@H](CCO)C(=O)[O-]. The minimum absolute atomic E-state index is 0.110. The van der Waals surface area contributed by atoms with Gasteiger partial charge in [-0.15, -0.1) is 0 Å². The number of aliphatic carboxylic acids is 1. The summed E-state index contributed by atoms with van der Waals surface area (Å²) in [4.78, 5) is 21.6. The lowest BCUT2D eigenvalue weighted by molar-refractivity contribution is -0.308. The maximum Gasteiger partial charge on any atom is 0.408 e. The molecule has 0 aliphatic rings. The lowest BCUT2D eigenvalue weighted by atomic mass is 10.2. The minimum Gasteiger partial charge on any atom is -0.548 e. The van der Waals surface area contributed by atoms with Crippen molar-refractivity contribution in [1.29, 1.82) is 0 Å². The van der Waals surface area contributed by atoms with Crippen molar-refractivity contribution in [1.82, 2.24) is 5.32 Å². The van der Waals surface area contributed by atoms with E-state index in [9.17, 15) is 14.7 Å². The molecular formula is C9H16NO5-. The van der Waals surface area contributed by atoms with E-state index in [0.717, 1.165) is 0 Å². The van der Waals surface area contributed by atoms with Gasteiger partial charge in [0.1, 0.15) is 5.60 Å². The van der Waals surface area contributed by atoms with Gasteiger partial charge in [-0.2, -0.15) is 0 Å². The zero-order valence-electron chi connectivity index (χ0n) is 9.07. The molecule has 0 unspecified atom stereocenters. The Morgan fingerprint density at radius 2 is 2.00 bits per heavy atom. The van der Waals surface area contributed by atoms with Crippen molar-refractivity contribution < 1.29 is 24.5 Å². The molecule has 0 aromatic rings. The first-order valence-corrected chi connectivity index (χ1v) is 4.57. The van der Waals surface area contributed by atoms with Gasteiger partial charge >= 0.3 is 6.09 Å². The van der Waals surface area contributed by atoms with Gasteiger partial charge in [-0.05, 0) is 27.2 Å². The van der Waals surface area contributed by atoms with Crippen LogP contribution in [0, 0.1) is 0 Å². The summed E-state index contributed by atoms with van der Waals surface area (Å²) >= 11 is 0. The van der Waals surface area contributed by atoms with Crippen LogP contribution in [0.3, 0.4) is 0 Å². The number of carboxylic acid groups (broad SMARTS) is 1. The van der Waals surface area contributed by atoms with E-state index in [1.807, 2.05) is 0 Å². The Kier molecular flexibility index (Phi) is 5.07. The van der Waals surface area contributed by atoms with Crippen molar-refractivity contribution in [3.8, 4) is 0 Å². The number of hydrogen-bond donors (Lipinski definition) is 2. The Hall–Kier alpha value is -1.30. The first-order chi connectivity index (χ1) is 6.76. The number of carbonyl (C=O) groups excluding carboxylic acids is 2. The van der Waals surface area contributed by atoms with E-state index in [-0.39, 0.29) is 13.0 Å². The molecule has 0 aromatic carbocycles. The average Bonchev–Trinajstić information content (AvgIpc) is 1.99. The van der Waals surface area contributed by atoms with E-state index in [1.54, 1.807) is 20.8 Å². The molecule has 0 spiro atoms. The monoisotopic (exact) mass is 218 g/mol. The molecule has 0 fully saturated rings. The summed E-state index contributed by atoms with van der Waals surface area (Å²) in [7, 11) is 0. The molecule has 0 rings (SSSR count). The number of alkyl carbamates (subject to hydrolysis) is 1. The van der Waals surface area contributed by atoms with Gasteiger partial charge in [0.05, 0.1) is 12.0 Å². The summed E-state index contributed by atoms with van der Waals surface area (Å²) in [6.07, 6.45) is -0.952. The molecule has 0 heterocycles. The van der Waals surface area contributed by atoms with Gasteiger partial charge in [-0.25, -0.2) is 4.79 Å². The van der Waals surface area contributed by atoms with E-state index >= 15 is 0 Å². The van der Waals surface area contributed by atoms with E-state index in [4.69, 9.17) is 9.84 Å². The molecule has 0 saturated heterocycles. The van der Waals surface area contributed by atoms with E-state index < -0.39 is 23.7 Å². The Balaban J connectivity index is 4.18. The number of carbonyl (C=O) groups is 2. The van der Waals surface area contributed by atoms with Crippen LogP contribution in [0.25, 0.3) is 0 Å². The molecule has 6 nitrogen and oxygen atoms in total. The fourth-order valence-corrected chi connectivity index (χ4v) is 0.828. The van der Waals surface area contributed by atoms with Crippen LogP contribution < -0.4 is 10.4 Å². The standard InChI is InChI=1S/C9H17NO5/c1-9(2,3)15-8(14)10-6(4-5-11)7(12)13/h6,11H,4-5H2,1-3H3,(H,10,14)(H,12,13)/p-1/t6-/m0/s1. The second-order valence-electron chi connectivity index (χ2n) is 4.03. The molecule has 0 aliphatic heterocycles. The van der Waals surface area contributed by atoms with Crippen LogP contribution >= 0.6 is 0 Å². The van der Waals surface area contributed by atoms with E-state index in [2.05, 4.69) is 5.32 Å². The summed E-state index contributed by atoms with van der Waals surface area (Å²) in [6.45, 7) is 4.63. The molecule has 1 amide bonds. The Morgan fingerprint density at radius 3 is 2.33 bits per heavy atom. The molecule has 0 aliphatic carbocycles. The Morgan fingerprint density at radius 1 is 1.47 bits per heavy atom. The third-order valence-corrected chi connectivity index (χ3v) is 1.39. The molecular weight excluding hydrogens is 202 g/mol. The molecule has 15 heavy (non-hydrogen) atoms. The Bertz CT molecular complexity index is 233. The number of ether oxygens (including phenoxy) is 1. The quantitative estimate of drug-likeness (QED) is 0.631. The van der Waals surface area contributed by atoms with Gasteiger partial charge in [-0.1, -0.05) is 0 Å². The number of carboxylic acids is 1. The predicted molar refractivity (Wildman–Crippen MR) is 49.9 cm³/mol. The molecule has 88 valence electrons. The van der Waals surface area contributed by atoms with Crippen LogP contribution in [0.15, 0.2) is 0 Å². The smallest absolute Gasteiger partial charge is 0.408 e. The van der Waals surface area contributed by atoms with Crippen LogP contribution in [0.2, 0.25) is 0 Å². The maximum absolute atomic E-state index is 11.1. The highest BCUT2D eigenvalue weighted by atomic mass is 16.6. The minimum atomic E-state index is -1.45. The van der Waals surface area contributed by atoms with Gasteiger partial charge in [0.25, 0.3) is 0 Å². The highest BCUT2D eigenvalue weighted by molar-refractivity contribution is 5.78. The first kappa shape index (κ1) is 13.7.